The highest BCUT2D eigenvalue weighted by Crippen LogP contribution is 2.29. The van der Waals surface area contributed by atoms with Gasteiger partial charge in [-0.1, -0.05) is 24.3 Å². The third-order valence-electron chi connectivity index (χ3n) is 3.65. The molecule has 0 radical (unpaired) electrons. The summed E-state index contributed by atoms with van der Waals surface area (Å²) in [5, 5.41) is 8.44. The van der Waals surface area contributed by atoms with Gasteiger partial charge in [0, 0.05) is 11.3 Å². The van der Waals surface area contributed by atoms with E-state index in [0.29, 0.717) is 22.5 Å². The topological polar surface area (TPSA) is 67.0 Å². The van der Waals surface area contributed by atoms with Crippen LogP contribution in [0.3, 0.4) is 0 Å². The first-order chi connectivity index (χ1) is 13.5. The maximum atomic E-state index is 12.3. The third-order valence-corrected chi connectivity index (χ3v) is 3.65. The van der Waals surface area contributed by atoms with Gasteiger partial charge in [-0.2, -0.15) is 18.3 Å². The predicted octanol–water partition coefficient (Wildman–Crippen LogP) is 5.14. The quantitative estimate of drug-likeness (QED) is 0.580. The third kappa shape index (κ3) is 5.27. The molecule has 0 saturated heterocycles. The van der Waals surface area contributed by atoms with Crippen LogP contribution in [0.4, 0.5) is 32.0 Å². The minimum atomic E-state index is -5.00. The number of benzene rings is 2. The van der Waals surface area contributed by atoms with Crippen molar-refractivity contribution in [1.29, 1.82) is 0 Å². The number of alkyl halides is 6. The molecule has 0 spiro atoms. The van der Waals surface area contributed by atoms with E-state index in [-0.39, 0.29) is 5.69 Å². The fraction of sp³-hybridized carbons (Fsp3) is 0.111. The van der Waals surface area contributed by atoms with Crippen molar-refractivity contribution in [3.8, 4) is 28.3 Å². The molecule has 1 heterocycles. The van der Waals surface area contributed by atoms with Gasteiger partial charge in [-0.05, 0) is 35.9 Å². The molecule has 1 amide bonds. The van der Waals surface area contributed by atoms with E-state index in [2.05, 4.69) is 14.9 Å². The fourth-order valence-corrected chi connectivity index (χ4v) is 2.41. The molecule has 11 heteroatoms. The SMILES string of the molecule is O=C(Nc1ccc(-c2cc(-c3cccc(OC(F)(F)F)c3)n[nH]2)cc1)C(F)(F)F. The van der Waals surface area contributed by atoms with E-state index >= 15 is 0 Å². The number of halogens is 6. The summed E-state index contributed by atoms with van der Waals surface area (Å²) < 4.78 is 77.7. The van der Waals surface area contributed by atoms with Crippen LogP contribution in [0.25, 0.3) is 22.5 Å². The number of carbonyl (C=O) groups excluding carboxylic acids is 1. The maximum absolute atomic E-state index is 12.3. The molecule has 3 rings (SSSR count). The molecule has 0 atom stereocenters. The van der Waals surface area contributed by atoms with Gasteiger partial charge in [-0.3, -0.25) is 9.89 Å². The van der Waals surface area contributed by atoms with E-state index in [1.807, 2.05) is 0 Å². The van der Waals surface area contributed by atoms with E-state index in [1.54, 1.807) is 17.4 Å². The lowest BCUT2D eigenvalue weighted by Gasteiger charge is -2.09. The van der Waals surface area contributed by atoms with Gasteiger partial charge >= 0.3 is 18.4 Å². The van der Waals surface area contributed by atoms with Gasteiger partial charge < -0.3 is 10.1 Å². The van der Waals surface area contributed by atoms with Gasteiger partial charge in [0.25, 0.3) is 0 Å². The van der Waals surface area contributed by atoms with Crippen molar-refractivity contribution in [2.45, 2.75) is 12.5 Å². The summed E-state index contributed by atoms with van der Waals surface area (Å²) >= 11 is 0. The van der Waals surface area contributed by atoms with Crippen LogP contribution >= 0.6 is 0 Å². The zero-order chi connectivity index (χ0) is 21.2. The zero-order valence-electron chi connectivity index (χ0n) is 14.2. The van der Waals surface area contributed by atoms with Crippen LogP contribution in [-0.2, 0) is 4.79 Å². The molecule has 3 aromatic rings. The molecular weight excluding hydrogens is 404 g/mol. The standard InChI is InChI=1S/C18H11F6N3O2/c19-17(20,21)16(28)25-12-6-4-10(5-7-12)14-9-15(27-26-14)11-2-1-3-13(8-11)29-18(22,23)24/h1-9H,(H,25,28)(H,26,27). The van der Waals surface area contributed by atoms with Gasteiger partial charge in [0.05, 0.1) is 11.4 Å². The highest BCUT2D eigenvalue weighted by molar-refractivity contribution is 5.95. The Morgan fingerprint density at radius 2 is 1.62 bits per heavy atom. The Morgan fingerprint density at radius 1 is 0.931 bits per heavy atom. The number of aromatic amines is 1. The minimum absolute atomic E-state index is 0.0483. The Hall–Kier alpha value is -3.50. The summed E-state index contributed by atoms with van der Waals surface area (Å²) in [4.78, 5) is 10.9. The second-order valence-electron chi connectivity index (χ2n) is 5.77. The Kier molecular flexibility index (Phi) is 5.23. The molecule has 0 saturated carbocycles. The number of amides is 1. The number of nitrogens with zero attached hydrogens (tertiary/aromatic N) is 1. The van der Waals surface area contributed by atoms with Crippen molar-refractivity contribution in [2.24, 2.45) is 0 Å². The number of hydrogen-bond acceptors (Lipinski definition) is 3. The Labute approximate surface area is 159 Å². The summed E-state index contributed by atoms with van der Waals surface area (Å²) in [6, 6.07) is 12.2. The van der Waals surface area contributed by atoms with Crippen LogP contribution in [0.15, 0.2) is 54.6 Å². The number of nitrogens with one attached hydrogen (secondary N) is 2. The second-order valence-corrected chi connectivity index (χ2v) is 5.77. The van der Waals surface area contributed by atoms with Crippen LogP contribution < -0.4 is 10.1 Å². The molecule has 2 N–H and O–H groups in total. The van der Waals surface area contributed by atoms with E-state index in [9.17, 15) is 31.1 Å². The van der Waals surface area contributed by atoms with Gasteiger partial charge in [0.1, 0.15) is 5.75 Å². The highest BCUT2D eigenvalue weighted by atomic mass is 19.4. The lowest BCUT2D eigenvalue weighted by Crippen LogP contribution is -2.29. The first-order valence-electron chi connectivity index (χ1n) is 7.91. The van der Waals surface area contributed by atoms with Gasteiger partial charge in [-0.25, -0.2) is 0 Å². The second kappa shape index (κ2) is 7.49. The molecule has 0 aliphatic rings. The number of hydrogen-bond donors (Lipinski definition) is 2. The van der Waals surface area contributed by atoms with Crippen LogP contribution in [0, 0.1) is 0 Å². The monoisotopic (exact) mass is 415 g/mol. The number of carbonyl (C=O) groups is 1. The van der Waals surface area contributed by atoms with Gasteiger partial charge in [0.2, 0.25) is 0 Å². The minimum Gasteiger partial charge on any atom is -0.406 e. The van der Waals surface area contributed by atoms with E-state index < -0.39 is 24.2 Å². The largest absolute Gasteiger partial charge is 0.573 e. The van der Waals surface area contributed by atoms with E-state index in [4.69, 9.17) is 0 Å². The summed E-state index contributed by atoms with van der Waals surface area (Å²) in [5.74, 6) is -2.49. The Bertz CT molecular complexity index is 1010. The summed E-state index contributed by atoms with van der Waals surface area (Å²) in [5.41, 5.74) is 1.66. The summed E-state index contributed by atoms with van der Waals surface area (Å²) in [6.45, 7) is 0. The average Bonchev–Trinajstić information content (AvgIpc) is 3.10. The van der Waals surface area contributed by atoms with Crippen molar-refractivity contribution in [3.05, 3.63) is 54.6 Å². The molecular formula is C18H11F6N3O2. The number of anilines is 1. The Morgan fingerprint density at radius 3 is 2.24 bits per heavy atom. The molecule has 1 aromatic heterocycles. The average molecular weight is 415 g/mol. The molecule has 0 aliphatic heterocycles. The number of aromatic nitrogens is 2. The zero-order valence-corrected chi connectivity index (χ0v) is 14.2. The molecule has 5 nitrogen and oxygen atoms in total. The van der Waals surface area contributed by atoms with Crippen molar-refractivity contribution >= 4 is 11.6 Å². The van der Waals surface area contributed by atoms with Crippen molar-refractivity contribution in [1.82, 2.24) is 10.2 Å². The molecule has 0 bridgehead atoms. The number of rotatable bonds is 4. The van der Waals surface area contributed by atoms with E-state index in [1.165, 1.54) is 36.4 Å². The summed E-state index contributed by atoms with van der Waals surface area (Å²) in [7, 11) is 0. The predicted molar refractivity (Wildman–Crippen MR) is 90.8 cm³/mol. The van der Waals surface area contributed by atoms with Crippen LogP contribution in [0.5, 0.6) is 5.75 Å². The molecule has 0 aliphatic carbocycles. The molecule has 0 unspecified atom stereocenters. The first kappa shape index (κ1) is 20.2. The number of H-pyrrole nitrogens is 1. The lowest BCUT2D eigenvalue weighted by atomic mass is 10.1. The molecule has 29 heavy (non-hydrogen) atoms. The van der Waals surface area contributed by atoms with Crippen LogP contribution in [-0.4, -0.2) is 28.6 Å². The number of ether oxygens (including phenoxy) is 1. The molecule has 0 fully saturated rings. The highest BCUT2D eigenvalue weighted by Gasteiger charge is 2.38. The van der Waals surface area contributed by atoms with Gasteiger partial charge in [0.15, 0.2) is 0 Å². The lowest BCUT2D eigenvalue weighted by molar-refractivity contribution is -0.274. The van der Waals surface area contributed by atoms with Crippen molar-refractivity contribution in [3.63, 3.8) is 0 Å². The van der Waals surface area contributed by atoms with Crippen LogP contribution in [0.2, 0.25) is 0 Å². The van der Waals surface area contributed by atoms with Gasteiger partial charge in [-0.15, -0.1) is 13.2 Å². The first-order valence-corrected chi connectivity index (χ1v) is 7.91. The van der Waals surface area contributed by atoms with Crippen molar-refractivity contribution in [2.75, 3.05) is 5.32 Å². The van der Waals surface area contributed by atoms with E-state index in [0.717, 1.165) is 6.07 Å². The maximum Gasteiger partial charge on any atom is 0.573 e. The fourth-order valence-electron chi connectivity index (χ4n) is 2.41. The smallest absolute Gasteiger partial charge is 0.406 e. The molecule has 152 valence electrons. The summed E-state index contributed by atoms with van der Waals surface area (Å²) in [6.07, 6.45) is -9.82. The van der Waals surface area contributed by atoms with Crippen molar-refractivity contribution < 1.29 is 35.9 Å². The Balaban J connectivity index is 1.77. The molecule has 2 aromatic carbocycles. The van der Waals surface area contributed by atoms with Crippen LogP contribution in [0.1, 0.15) is 0 Å². The normalized spacial score (nSPS) is 11.9.